The fourth-order valence-electron chi connectivity index (χ4n) is 3.67. The molecule has 1 aromatic carbocycles. The number of amides is 1. The van der Waals surface area contributed by atoms with Crippen LogP contribution in [-0.2, 0) is 6.54 Å². The van der Waals surface area contributed by atoms with E-state index in [2.05, 4.69) is 20.7 Å². The molecule has 28 heavy (non-hydrogen) atoms. The molecular formula is C21H25N5O2. The molecule has 146 valence electrons. The van der Waals surface area contributed by atoms with Crippen LogP contribution in [0.5, 0.6) is 0 Å². The number of aryl methyl sites for hydroxylation is 1. The average Bonchev–Trinajstić information content (AvgIpc) is 3.12. The van der Waals surface area contributed by atoms with E-state index in [1.165, 1.54) is 0 Å². The summed E-state index contributed by atoms with van der Waals surface area (Å²) >= 11 is 0. The van der Waals surface area contributed by atoms with Crippen molar-refractivity contribution < 1.29 is 9.90 Å². The van der Waals surface area contributed by atoms with Crippen LogP contribution in [0.25, 0.3) is 5.65 Å². The maximum Gasteiger partial charge on any atom is 0.251 e. The molecule has 0 spiro atoms. The molecule has 1 aliphatic rings. The van der Waals surface area contributed by atoms with Crippen molar-refractivity contribution in [1.29, 1.82) is 0 Å². The Balaban J connectivity index is 1.46. The van der Waals surface area contributed by atoms with Gasteiger partial charge < -0.3 is 15.7 Å². The van der Waals surface area contributed by atoms with E-state index in [-0.39, 0.29) is 11.9 Å². The number of carbonyl (C=O) groups excluding carboxylic acids is 1. The maximum atomic E-state index is 12.7. The van der Waals surface area contributed by atoms with Crippen LogP contribution in [0.15, 0.2) is 42.7 Å². The lowest BCUT2D eigenvalue weighted by molar-refractivity contribution is 0.0717. The number of carbonyl (C=O) groups is 1. The van der Waals surface area contributed by atoms with Crippen LogP contribution in [0, 0.1) is 6.92 Å². The van der Waals surface area contributed by atoms with E-state index in [1.807, 2.05) is 37.3 Å². The maximum absolute atomic E-state index is 12.7. The lowest BCUT2D eigenvalue weighted by Gasteiger charge is -2.28. The van der Waals surface area contributed by atoms with Gasteiger partial charge in [-0.1, -0.05) is 18.9 Å². The van der Waals surface area contributed by atoms with E-state index in [1.54, 1.807) is 16.9 Å². The monoisotopic (exact) mass is 379 g/mol. The first kappa shape index (κ1) is 18.4. The van der Waals surface area contributed by atoms with Gasteiger partial charge in [-0.15, -0.1) is 0 Å². The Bertz CT molecular complexity index is 984. The van der Waals surface area contributed by atoms with Crippen LogP contribution in [0.1, 0.15) is 47.3 Å². The van der Waals surface area contributed by atoms with E-state index in [4.69, 9.17) is 0 Å². The van der Waals surface area contributed by atoms with Crippen LogP contribution in [0.3, 0.4) is 0 Å². The summed E-state index contributed by atoms with van der Waals surface area (Å²) in [6.07, 6.45) is 6.70. The first-order chi connectivity index (χ1) is 13.6. The highest BCUT2D eigenvalue weighted by atomic mass is 16.3. The largest absolute Gasteiger partial charge is 0.391 e. The Hall–Kier alpha value is -2.93. The molecule has 0 aliphatic heterocycles. The highest BCUT2D eigenvalue weighted by Crippen LogP contribution is 2.21. The predicted octanol–water partition coefficient (Wildman–Crippen LogP) is 2.68. The molecule has 0 radical (unpaired) electrons. The zero-order valence-electron chi connectivity index (χ0n) is 15.9. The number of hydrogen-bond acceptors (Lipinski definition) is 5. The van der Waals surface area contributed by atoms with E-state index in [0.29, 0.717) is 12.1 Å². The topological polar surface area (TPSA) is 91.5 Å². The number of rotatable bonds is 5. The van der Waals surface area contributed by atoms with Crippen molar-refractivity contribution >= 4 is 17.2 Å². The summed E-state index contributed by atoms with van der Waals surface area (Å²) in [4.78, 5) is 17.0. The van der Waals surface area contributed by atoms with Gasteiger partial charge in [0.1, 0.15) is 0 Å². The smallest absolute Gasteiger partial charge is 0.251 e. The number of aliphatic hydroxyl groups is 1. The fourth-order valence-corrected chi connectivity index (χ4v) is 3.67. The van der Waals surface area contributed by atoms with Gasteiger partial charge >= 0.3 is 0 Å². The molecule has 1 saturated carbocycles. The van der Waals surface area contributed by atoms with Gasteiger partial charge in [0.05, 0.1) is 30.6 Å². The molecule has 0 saturated heterocycles. The van der Waals surface area contributed by atoms with Crippen molar-refractivity contribution in [2.45, 2.75) is 51.3 Å². The minimum atomic E-state index is -0.455. The van der Waals surface area contributed by atoms with Crippen LogP contribution in [-0.4, -0.2) is 37.8 Å². The Morgan fingerprint density at radius 2 is 2.14 bits per heavy atom. The van der Waals surface area contributed by atoms with Crippen molar-refractivity contribution in [3.8, 4) is 0 Å². The number of nitrogens with one attached hydrogen (secondary N) is 2. The molecule has 2 atom stereocenters. The normalized spacial score (nSPS) is 19.5. The zero-order chi connectivity index (χ0) is 19.5. The van der Waals surface area contributed by atoms with Gasteiger partial charge in [-0.2, -0.15) is 5.10 Å². The first-order valence-electron chi connectivity index (χ1n) is 9.73. The van der Waals surface area contributed by atoms with Crippen molar-refractivity contribution in [2.24, 2.45) is 0 Å². The van der Waals surface area contributed by atoms with Crippen molar-refractivity contribution in [1.82, 2.24) is 19.9 Å². The number of aliphatic hydroxyl groups excluding tert-OH is 1. The summed E-state index contributed by atoms with van der Waals surface area (Å²) in [7, 11) is 0. The van der Waals surface area contributed by atoms with Crippen LogP contribution in [0.2, 0.25) is 0 Å². The lowest BCUT2D eigenvalue weighted by Crippen LogP contribution is -2.45. The van der Waals surface area contributed by atoms with E-state index in [9.17, 15) is 9.90 Å². The highest BCUT2D eigenvalue weighted by molar-refractivity contribution is 5.95. The summed E-state index contributed by atoms with van der Waals surface area (Å²) in [6.45, 7) is 2.55. The standard InChI is InChI=1S/C21H25N5O2/c1-14-8-9-15(21(28)25-17-5-2-3-6-19(17)27)11-18(14)22-12-16-13-23-20-7-4-10-24-26(16)20/h4,7-11,13,17,19,22,27H,2-3,5-6,12H2,1H3,(H,25,28)/t17-,19-/m0/s1. The molecule has 7 nitrogen and oxygen atoms in total. The van der Waals surface area contributed by atoms with E-state index in [0.717, 1.165) is 48.3 Å². The minimum absolute atomic E-state index is 0.148. The summed E-state index contributed by atoms with van der Waals surface area (Å²) in [5.74, 6) is -0.148. The molecule has 0 unspecified atom stereocenters. The number of anilines is 1. The Morgan fingerprint density at radius 1 is 1.29 bits per heavy atom. The number of benzene rings is 1. The summed E-state index contributed by atoms with van der Waals surface area (Å²) < 4.78 is 1.79. The van der Waals surface area contributed by atoms with Crippen molar-refractivity contribution in [3.63, 3.8) is 0 Å². The van der Waals surface area contributed by atoms with Gasteiger partial charge in [-0.3, -0.25) is 4.79 Å². The lowest BCUT2D eigenvalue weighted by atomic mass is 9.92. The second-order valence-electron chi connectivity index (χ2n) is 7.36. The molecule has 2 aromatic heterocycles. The second kappa shape index (κ2) is 7.98. The molecule has 3 aromatic rings. The van der Waals surface area contributed by atoms with Gasteiger partial charge in [0.2, 0.25) is 0 Å². The zero-order valence-corrected chi connectivity index (χ0v) is 15.9. The molecular weight excluding hydrogens is 354 g/mol. The first-order valence-corrected chi connectivity index (χ1v) is 9.73. The molecule has 1 fully saturated rings. The average molecular weight is 379 g/mol. The third-order valence-electron chi connectivity index (χ3n) is 5.35. The van der Waals surface area contributed by atoms with Crippen LogP contribution < -0.4 is 10.6 Å². The van der Waals surface area contributed by atoms with Crippen LogP contribution in [0.4, 0.5) is 5.69 Å². The fraction of sp³-hybridized carbons (Fsp3) is 0.381. The number of imidazole rings is 1. The molecule has 2 heterocycles. The van der Waals surface area contributed by atoms with Gasteiger partial charge in [0, 0.05) is 17.4 Å². The number of nitrogens with zero attached hydrogens (tertiary/aromatic N) is 3. The minimum Gasteiger partial charge on any atom is -0.391 e. The summed E-state index contributed by atoms with van der Waals surface area (Å²) in [5, 5.41) is 20.8. The van der Waals surface area contributed by atoms with Crippen LogP contribution >= 0.6 is 0 Å². The SMILES string of the molecule is Cc1ccc(C(=O)N[C@H]2CCCC[C@@H]2O)cc1NCc1cnc2cccnn12. The summed E-state index contributed by atoms with van der Waals surface area (Å²) in [6, 6.07) is 9.21. The molecule has 1 aliphatic carbocycles. The van der Waals surface area contributed by atoms with E-state index < -0.39 is 6.10 Å². The third kappa shape index (κ3) is 3.84. The number of hydrogen-bond donors (Lipinski definition) is 3. The Labute approximate surface area is 163 Å². The molecule has 0 bridgehead atoms. The van der Waals surface area contributed by atoms with Crippen molar-refractivity contribution in [3.05, 3.63) is 59.5 Å². The molecule has 3 N–H and O–H groups in total. The quantitative estimate of drug-likeness (QED) is 0.634. The second-order valence-corrected chi connectivity index (χ2v) is 7.36. The van der Waals surface area contributed by atoms with Gasteiger partial charge in [0.25, 0.3) is 5.91 Å². The third-order valence-corrected chi connectivity index (χ3v) is 5.35. The van der Waals surface area contributed by atoms with Gasteiger partial charge in [-0.25, -0.2) is 9.50 Å². The predicted molar refractivity (Wildman–Crippen MR) is 107 cm³/mol. The molecule has 7 heteroatoms. The Kier molecular flexibility index (Phi) is 5.25. The van der Waals surface area contributed by atoms with E-state index >= 15 is 0 Å². The Morgan fingerprint density at radius 3 is 3.00 bits per heavy atom. The van der Waals surface area contributed by atoms with Gasteiger partial charge in [0.15, 0.2) is 5.65 Å². The van der Waals surface area contributed by atoms with Crippen molar-refractivity contribution in [2.75, 3.05) is 5.32 Å². The number of aromatic nitrogens is 3. The number of fused-ring (bicyclic) bond motifs is 1. The molecule has 1 amide bonds. The highest BCUT2D eigenvalue weighted by Gasteiger charge is 2.25. The van der Waals surface area contributed by atoms with Gasteiger partial charge in [-0.05, 0) is 49.6 Å². The summed E-state index contributed by atoms with van der Waals surface area (Å²) in [5.41, 5.74) is 4.27. The molecule has 4 rings (SSSR count).